The Morgan fingerprint density at radius 3 is 2.38 bits per heavy atom. The molecule has 7 nitrogen and oxygen atoms in total. The van der Waals surface area contributed by atoms with Crippen molar-refractivity contribution in [1.82, 2.24) is 19.4 Å². The van der Waals surface area contributed by atoms with E-state index in [0.717, 1.165) is 37.0 Å². The van der Waals surface area contributed by atoms with Crippen LogP contribution in [0.5, 0.6) is 11.5 Å². The summed E-state index contributed by atoms with van der Waals surface area (Å²) in [5, 5.41) is 10.7. The molecule has 3 aromatic rings. The van der Waals surface area contributed by atoms with E-state index in [-0.39, 0.29) is 12.1 Å². The van der Waals surface area contributed by atoms with E-state index in [2.05, 4.69) is 46.1 Å². The molecule has 7 heteroatoms. The number of rotatable bonds is 9. The molecule has 1 N–H and O–H groups in total. The zero-order chi connectivity index (χ0) is 22.5. The van der Waals surface area contributed by atoms with Crippen LogP contribution in [0.25, 0.3) is 0 Å². The molecule has 2 aromatic carbocycles. The number of methoxy groups -OCH3 is 1. The van der Waals surface area contributed by atoms with Gasteiger partial charge in [-0.2, -0.15) is 0 Å². The number of hydrogen-bond acceptors (Lipinski definition) is 6. The first-order valence-corrected chi connectivity index (χ1v) is 10.9. The summed E-state index contributed by atoms with van der Waals surface area (Å²) in [6.07, 6.45) is 3.32. The monoisotopic (exact) mass is 436 g/mol. The van der Waals surface area contributed by atoms with Gasteiger partial charge >= 0.3 is 0 Å². The second-order valence-corrected chi connectivity index (χ2v) is 8.48. The zero-order valence-corrected chi connectivity index (χ0v) is 19.0. The first-order chi connectivity index (χ1) is 15.5. The molecule has 0 aliphatic carbocycles. The highest BCUT2D eigenvalue weighted by molar-refractivity contribution is 5.28. The molecule has 0 saturated carbocycles. The standard InChI is InChI=1S/C25H32N4O3/c1-27-13-12-26-25(27)18-32-22-10-6-20(7-11-22)15-29-16-23(24(30)17-29)28(2)14-19-4-8-21(31-3)9-5-19/h4-13,23-24,30H,14-18H2,1-3H3/t23-,24-/m1/s1. The van der Waals surface area contributed by atoms with Crippen LogP contribution in [-0.2, 0) is 26.7 Å². The van der Waals surface area contributed by atoms with E-state index in [1.54, 1.807) is 13.3 Å². The third kappa shape index (κ3) is 5.48. The number of nitrogens with zero attached hydrogens (tertiary/aromatic N) is 4. The number of aliphatic hydroxyl groups excluding tert-OH is 1. The van der Waals surface area contributed by atoms with Crippen molar-refractivity contribution in [2.75, 3.05) is 27.2 Å². The summed E-state index contributed by atoms with van der Waals surface area (Å²) in [7, 11) is 5.71. The number of likely N-dealkylation sites (N-methyl/N-ethyl adjacent to an activating group) is 1. The van der Waals surface area contributed by atoms with Gasteiger partial charge in [-0.15, -0.1) is 0 Å². The summed E-state index contributed by atoms with van der Waals surface area (Å²) in [6.45, 7) is 3.56. The molecule has 0 amide bonds. The molecule has 0 radical (unpaired) electrons. The first kappa shape index (κ1) is 22.3. The molecule has 2 heterocycles. The zero-order valence-electron chi connectivity index (χ0n) is 19.0. The van der Waals surface area contributed by atoms with Crippen molar-refractivity contribution in [2.45, 2.75) is 31.8 Å². The fourth-order valence-electron chi connectivity index (χ4n) is 4.18. The Balaban J connectivity index is 1.28. The number of aliphatic hydroxyl groups is 1. The van der Waals surface area contributed by atoms with Gasteiger partial charge in [-0.05, 0) is 42.4 Å². The van der Waals surface area contributed by atoms with Gasteiger partial charge in [0.1, 0.15) is 23.9 Å². The normalized spacial score (nSPS) is 18.9. The quantitative estimate of drug-likeness (QED) is 0.557. The minimum atomic E-state index is -0.362. The summed E-state index contributed by atoms with van der Waals surface area (Å²) in [5.41, 5.74) is 2.42. The maximum atomic E-state index is 10.7. The number of imidazole rings is 1. The summed E-state index contributed by atoms with van der Waals surface area (Å²) in [5.74, 6) is 2.58. The molecule has 0 bridgehead atoms. The van der Waals surface area contributed by atoms with Crippen LogP contribution in [0.3, 0.4) is 0 Å². The van der Waals surface area contributed by atoms with Gasteiger partial charge in [-0.3, -0.25) is 9.80 Å². The fraction of sp³-hybridized carbons (Fsp3) is 0.400. The minimum absolute atomic E-state index is 0.109. The number of aryl methyl sites for hydroxylation is 1. The molecule has 1 fully saturated rings. The molecule has 1 aliphatic rings. The SMILES string of the molecule is COc1ccc(CN(C)[C@@H]2CN(Cc3ccc(OCc4nccn4C)cc3)C[C@H]2O)cc1. The van der Waals surface area contributed by atoms with Crippen molar-refractivity contribution in [1.29, 1.82) is 0 Å². The van der Waals surface area contributed by atoms with E-state index in [0.29, 0.717) is 13.2 Å². The van der Waals surface area contributed by atoms with Gasteiger partial charge in [0, 0.05) is 51.7 Å². The molecule has 4 rings (SSSR count). The van der Waals surface area contributed by atoms with Crippen LogP contribution in [0.4, 0.5) is 0 Å². The molecule has 32 heavy (non-hydrogen) atoms. The highest BCUT2D eigenvalue weighted by atomic mass is 16.5. The smallest absolute Gasteiger partial charge is 0.146 e. The minimum Gasteiger partial charge on any atom is -0.497 e. The lowest BCUT2D eigenvalue weighted by molar-refractivity contribution is 0.0949. The Hall–Kier alpha value is -2.87. The van der Waals surface area contributed by atoms with Gasteiger partial charge in [-0.1, -0.05) is 24.3 Å². The van der Waals surface area contributed by atoms with Crippen molar-refractivity contribution >= 4 is 0 Å². The Bertz CT molecular complexity index is 987. The van der Waals surface area contributed by atoms with Crippen molar-refractivity contribution in [3.63, 3.8) is 0 Å². The number of ether oxygens (including phenoxy) is 2. The largest absolute Gasteiger partial charge is 0.497 e. The van der Waals surface area contributed by atoms with E-state index in [1.807, 2.05) is 42.1 Å². The molecule has 2 atom stereocenters. The maximum absolute atomic E-state index is 10.7. The summed E-state index contributed by atoms with van der Waals surface area (Å²) in [4.78, 5) is 8.82. The van der Waals surface area contributed by atoms with Crippen LogP contribution >= 0.6 is 0 Å². The summed E-state index contributed by atoms with van der Waals surface area (Å²) < 4.78 is 13.0. The number of benzene rings is 2. The molecule has 0 unspecified atom stereocenters. The third-order valence-electron chi connectivity index (χ3n) is 6.11. The van der Waals surface area contributed by atoms with Gasteiger partial charge in [0.25, 0.3) is 0 Å². The van der Waals surface area contributed by atoms with Gasteiger partial charge in [0.2, 0.25) is 0 Å². The first-order valence-electron chi connectivity index (χ1n) is 10.9. The molecule has 0 spiro atoms. The molecular formula is C25H32N4O3. The number of β-amino-alcohol motifs (C(OH)–C–C–N with tert-alkyl or cyclic N) is 1. The van der Waals surface area contributed by atoms with E-state index >= 15 is 0 Å². The number of likely N-dealkylation sites (tertiary alicyclic amines) is 1. The van der Waals surface area contributed by atoms with Gasteiger partial charge in [-0.25, -0.2) is 4.98 Å². The van der Waals surface area contributed by atoms with Gasteiger partial charge < -0.3 is 19.1 Å². The van der Waals surface area contributed by atoms with Crippen molar-refractivity contribution in [3.8, 4) is 11.5 Å². The van der Waals surface area contributed by atoms with Crippen molar-refractivity contribution in [3.05, 3.63) is 77.9 Å². The van der Waals surface area contributed by atoms with Crippen LogP contribution in [-0.4, -0.2) is 63.9 Å². The summed E-state index contributed by atoms with van der Waals surface area (Å²) in [6, 6.07) is 16.4. The Kier molecular flexibility index (Phi) is 7.09. The van der Waals surface area contributed by atoms with E-state index in [4.69, 9.17) is 9.47 Å². The maximum Gasteiger partial charge on any atom is 0.146 e. The Labute approximate surface area is 189 Å². The molecule has 1 saturated heterocycles. The third-order valence-corrected chi connectivity index (χ3v) is 6.11. The summed E-state index contributed by atoms with van der Waals surface area (Å²) >= 11 is 0. The highest BCUT2D eigenvalue weighted by Gasteiger charge is 2.33. The van der Waals surface area contributed by atoms with Crippen LogP contribution in [0.15, 0.2) is 60.9 Å². The van der Waals surface area contributed by atoms with Crippen LogP contribution < -0.4 is 9.47 Å². The van der Waals surface area contributed by atoms with Crippen LogP contribution in [0.2, 0.25) is 0 Å². The second kappa shape index (κ2) is 10.2. The molecule has 1 aliphatic heterocycles. The second-order valence-electron chi connectivity index (χ2n) is 8.48. The number of aromatic nitrogens is 2. The molecule has 170 valence electrons. The highest BCUT2D eigenvalue weighted by Crippen LogP contribution is 2.22. The number of hydrogen-bond donors (Lipinski definition) is 1. The van der Waals surface area contributed by atoms with Crippen molar-refractivity contribution < 1.29 is 14.6 Å². The Morgan fingerprint density at radius 1 is 1.03 bits per heavy atom. The van der Waals surface area contributed by atoms with E-state index in [9.17, 15) is 5.11 Å². The van der Waals surface area contributed by atoms with Crippen molar-refractivity contribution in [2.24, 2.45) is 7.05 Å². The molecule has 1 aromatic heterocycles. The fourth-order valence-corrected chi connectivity index (χ4v) is 4.18. The average molecular weight is 437 g/mol. The van der Waals surface area contributed by atoms with Crippen LogP contribution in [0, 0.1) is 0 Å². The average Bonchev–Trinajstić information content (AvgIpc) is 3.38. The lowest BCUT2D eigenvalue weighted by Crippen LogP contribution is -2.40. The predicted molar refractivity (Wildman–Crippen MR) is 124 cm³/mol. The van der Waals surface area contributed by atoms with E-state index < -0.39 is 0 Å². The lowest BCUT2D eigenvalue weighted by Gasteiger charge is -2.26. The van der Waals surface area contributed by atoms with Gasteiger partial charge in [0.05, 0.1) is 13.2 Å². The topological polar surface area (TPSA) is 63.0 Å². The Morgan fingerprint density at radius 2 is 1.72 bits per heavy atom. The lowest BCUT2D eigenvalue weighted by atomic mass is 10.1. The molecular weight excluding hydrogens is 404 g/mol. The predicted octanol–water partition coefficient (Wildman–Crippen LogP) is 2.68. The van der Waals surface area contributed by atoms with Gasteiger partial charge in [0.15, 0.2) is 0 Å². The van der Waals surface area contributed by atoms with E-state index in [1.165, 1.54) is 11.1 Å². The van der Waals surface area contributed by atoms with Crippen LogP contribution in [0.1, 0.15) is 17.0 Å².